The van der Waals surface area contributed by atoms with Gasteiger partial charge in [-0.2, -0.15) is 0 Å². The molecule has 0 bridgehead atoms. The van der Waals surface area contributed by atoms with E-state index in [1.807, 2.05) is 11.4 Å². The van der Waals surface area contributed by atoms with Crippen molar-refractivity contribution in [3.8, 4) is 0 Å². The summed E-state index contributed by atoms with van der Waals surface area (Å²) in [6, 6.07) is 3.66. The minimum absolute atomic E-state index is 0.00731. The molecule has 0 fully saturated rings. The van der Waals surface area contributed by atoms with Crippen molar-refractivity contribution in [2.45, 2.75) is 33.2 Å². The van der Waals surface area contributed by atoms with Gasteiger partial charge in [-0.25, -0.2) is 0 Å². The second kappa shape index (κ2) is 5.46. The van der Waals surface area contributed by atoms with Gasteiger partial charge in [0.2, 0.25) is 0 Å². The topological polar surface area (TPSA) is 49.3 Å². The molecular weight excluding hydrogens is 222 g/mol. The lowest BCUT2D eigenvalue weighted by Crippen LogP contribution is -2.44. The van der Waals surface area contributed by atoms with E-state index in [2.05, 4.69) is 26.1 Å². The summed E-state index contributed by atoms with van der Waals surface area (Å²) in [6.45, 7) is 6.26. The highest BCUT2D eigenvalue weighted by Crippen LogP contribution is 2.22. The molecule has 0 spiro atoms. The van der Waals surface area contributed by atoms with Crippen LogP contribution in [0.25, 0.3) is 0 Å². The summed E-state index contributed by atoms with van der Waals surface area (Å²) in [7, 11) is 0. The highest BCUT2D eigenvalue weighted by Gasteiger charge is 2.26. The summed E-state index contributed by atoms with van der Waals surface area (Å²) in [5.74, 6) is -0.0524. The van der Waals surface area contributed by atoms with Crippen molar-refractivity contribution < 1.29 is 9.90 Å². The Morgan fingerprint density at radius 2 is 2.25 bits per heavy atom. The third kappa shape index (κ3) is 3.61. The Bertz CT molecular complexity index is 327. The lowest BCUT2D eigenvalue weighted by atomic mass is 9.85. The van der Waals surface area contributed by atoms with Crippen LogP contribution in [-0.2, 0) is 0 Å². The van der Waals surface area contributed by atoms with E-state index in [-0.39, 0.29) is 24.0 Å². The van der Waals surface area contributed by atoms with Gasteiger partial charge in [-0.15, -0.1) is 11.3 Å². The summed E-state index contributed by atoms with van der Waals surface area (Å²) < 4.78 is 0. The van der Waals surface area contributed by atoms with Gasteiger partial charge in [0.05, 0.1) is 4.88 Å². The predicted molar refractivity (Wildman–Crippen MR) is 66.7 cm³/mol. The normalized spacial score (nSPS) is 13.5. The van der Waals surface area contributed by atoms with Crippen LogP contribution in [0.2, 0.25) is 0 Å². The Balaban J connectivity index is 2.66. The largest absolute Gasteiger partial charge is 0.396 e. The van der Waals surface area contributed by atoms with Gasteiger partial charge in [0, 0.05) is 12.6 Å². The summed E-state index contributed by atoms with van der Waals surface area (Å²) in [4.78, 5) is 12.6. The van der Waals surface area contributed by atoms with Gasteiger partial charge < -0.3 is 10.4 Å². The molecule has 0 radical (unpaired) electrons. The maximum Gasteiger partial charge on any atom is 0.261 e. The maximum atomic E-state index is 11.9. The number of thiophene rings is 1. The van der Waals surface area contributed by atoms with E-state index in [4.69, 9.17) is 5.11 Å². The van der Waals surface area contributed by atoms with E-state index in [1.165, 1.54) is 11.3 Å². The zero-order valence-corrected chi connectivity index (χ0v) is 10.8. The molecule has 1 atom stereocenters. The molecule has 90 valence electrons. The highest BCUT2D eigenvalue weighted by molar-refractivity contribution is 7.12. The van der Waals surface area contributed by atoms with Crippen molar-refractivity contribution >= 4 is 17.2 Å². The van der Waals surface area contributed by atoms with E-state index >= 15 is 0 Å². The second-order valence-electron chi connectivity index (χ2n) is 4.88. The second-order valence-corrected chi connectivity index (χ2v) is 5.83. The average Bonchev–Trinajstić information content (AvgIpc) is 2.68. The van der Waals surface area contributed by atoms with Crippen LogP contribution >= 0.6 is 11.3 Å². The first kappa shape index (κ1) is 13.2. The number of hydrogen-bond acceptors (Lipinski definition) is 3. The molecule has 1 aromatic heterocycles. The van der Waals surface area contributed by atoms with Crippen LogP contribution < -0.4 is 5.32 Å². The zero-order valence-electron chi connectivity index (χ0n) is 9.99. The van der Waals surface area contributed by atoms with Crippen LogP contribution in [0.15, 0.2) is 17.5 Å². The molecule has 2 N–H and O–H groups in total. The zero-order chi connectivity index (χ0) is 12.2. The van der Waals surface area contributed by atoms with Crippen molar-refractivity contribution in [2.75, 3.05) is 6.61 Å². The van der Waals surface area contributed by atoms with Crippen LogP contribution in [0.4, 0.5) is 0 Å². The summed E-state index contributed by atoms with van der Waals surface area (Å²) in [5, 5.41) is 13.8. The molecule has 0 saturated heterocycles. The van der Waals surface area contributed by atoms with Crippen molar-refractivity contribution in [3.63, 3.8) is 0 Å². The fourth-order valence-electron chi connectivity index (χ4n) is 1.49. The van der Waals surface area contributed by atoms with Gasteiger partial charge in [0.15, 0.2) is 0 Å². The quantitative estimate of drug-likeness (QED) is 0.849. The van der Waals surface area contributed by atoms with Gasteiger partial charge in [-0.3, -0.25) is 4.79 Å². The maximum absolute atomic E-state index is 11.9. The van der Waals surface area contributed by atoms with E-state index in [1.54, 1.807) is 6.07 Å². The first-order valence-electron chi connectivity index (χ1n) is 5.40. The molecule has 1 amide bonds. The molecule has 0 saturated carbocycles. The van der Waals surface area contributed by atoms with Crippen LogP contribution in [0.3, 0.4) is 0 Å². The monoisotopic (exact) mass is 241 g/mol. The molecule has 1 unspecified atom stereocenters. The number of rotatable bonds is 4. The van der Waals surface area contributed by atoms with Crippen LogP contribution in [0, 0.1) is 5.41 Å². The molecule has 1 aromatic rings. The van der Waals surface area contributed by atoms with Gasteiger partial charge in [0.1, 0.15) is 0 Å². The lowest BCUT2D eigenvalue weighted by molar-refractivity contribution is 0.0889. The summed E-state index contributed by atoms with van der Waals surface area (Å²) in [5.41, 5.74) is -0.0460. The Hall–Kier alpha value is -0.870. The smallest absolute Gasteiger partial charge is 0.261 e. The molecule has 0 aliphatic rings. The number of nitrogens with one attached hydrogen (secondary N) is 1. The van der Waals surface area contributed by atoms with Crippen molar-refractivity contribution in [3.05, 3.63) is 22.4 Å². The number of carbonyl (C=O) groups excluding carboxylic acids is 1. The molecule has 16 heavy (non-hydrogen) atoms. The Morgan fingerprint density at radius 3 is 2.69 bits per heavy atom. The number of carbonyl (C=O) groups is 1. The lowest BCUT2D eigenvalue weighted by Gasteiger charge is -2.30. The van der Waals surface area contributed by atoms with Crippen LogP contribution in [0.5, 0.6) is 0 Å². The summed E-state index contributed by atoms with van der Waals surface area (Å²) >= 11 is 1.43. The molecule has 0 aliphatic heterocycles. The first-order chi connectivity index (χ1) is 7.45. The number of hydrogen-bond donors (Lipinski definition) is 2. The highest BCUT2D eigenvalue weighted by atomic mass is 32.1. The number of aliphatic hydroxyl groups is 1. The third-order valence-corrected chi connectivity index (χ3v) is 3.38. The third-order valence-electron chi connectivity index (χ3n) is 2.51. The number of aliphatic hydroxyl groups excluding tert-OH is 1. The SMILES string of the molecule is CC(C)(C)C(CCO)NC(=O)c1cccs1. The van der Waals surface area contributed by atoms with Crippen LogP contribution in [0.1, 0.15) is 36.9 Å². The van der Waals surface area contributed by atoms with Crippen molar-refractivity contribution in [1.82, 2.24) is 5.32 Å². The number of amides is 1. The fraction of sp³-hybridized carbons (Fsp3) is 0.583. The predicted octanol–water partition coefficient (Wildman–Crippen LogP) is 2.28. The molecule has 3 nitrogen and oxygen atoms in total. The van der Waals surface area contributed by atoms with E-state index in [9.17, 15) is 4.79 Å². The van der Waals surface area contributed by atoms with Gasteiger partial charge in [-0.1, -0.05) is 26.8 Å². The average molecular weight is 241 g/mol. The Morgan fingerprint density at radius 1 is 1.56 bits per heavy atom. The standard InChI is InChI=1S/C12H19NO2S/c1-12(2,3)10(6-7-14)13-11(15)9-5-4-8-16-9/h4-5,8,10,14H,6-7H2,1-3H3,(H,13,15). The van der Waals surface area contributed by atoms with Crippen molar-refractivity contribution in [2.24, 2.45) is 5.41 Å². The van der Waals surface area contributed by atoms with Gasteiger partial charge in [0.25, 0.3) is 5.91 Å². The van der Waals surface area contributed by atoms with Gasteiger partial charge in [-0.05, 0) is 23.3 Å². The fourth-order valence-corrected chi connectivity index (χ4v) is 2.11. The Labute approximate surface area is 100 Å². The Kier molecular flexibility index (Phi) is 4.50. The minimum Gasteiger partial charge on any atom is -0.396 e. The molecular formula is C12H19NO2S. The minimum atomic E-state index is -0.0524. The van der Waals surface area contributed by atoms with Crippen LogP contribution in [-0.4, -0.2) is 23.7 Å². The van der Waals surface area contributed by atoms with E-state index < -0.39 is 0 Å². The van der Waals surface area contributed by atoms with Crippen molar-refractivity contribution in [1.29, 1.82) is 0 Å². The summed E-state index contributed by atoms with van der Waals surface area (Å²) in [6.07, 6.45) is 0.584. The van der Waals surface area contributed by atoms with Gasteiger partial charge >= 0.3 is 0 Å². The first-order valence-corrected chi connectivity index (χ1v) is 6.28. The molecule has 1 rings (SSSR count). The molecule has 4 heteroatoms. The molecule has 0 aromatic carbocycles. The molecule has 1 heterocycles. The van der Waals surface area contributed by atoms with E-state index in [0.29, 0.717) is 11.3 Å². The van der Waals surface area contributed by atoms with E-state index in [0.717, 1.165) is 0 Å². The molecule has 0 aliphatic carbocycles.